The number of halogens is 4. The minimum absolute atomic E-state index is 0.0657. The average Bonchev–Trinajstić information content (AvgIpc) is 3.04. The Morgan fingerprint density at radius 1 is 1.26 bits per heavy atom. The van der Waals surface area contributed by atoms with Crippen molar-refractivity contribution >= 4 is 23.2 Å². The number of nitrogens with one attached hydrogen (secondary N) is 1. The average molecular weight is 397 g/mol. The molecule has 2 heterocycles. The van der Waals surface area contributed by atoms with Gasteiger partial charge >= 0.3 is 6.18 Å². The Morgan fingerprint density at radius 3 is 2.52 bits per heavy atom. The van der Waals surface area contributed by atoms with E-state index in [1.165, 1.54) is 6.07 Å². The summed E-state index contributed by atoms with van der Waals surface area (Å²) in [5.74, 6) is -0.545. The zero-order valence-corrected chi connectivity index (χ0v) is 15.3. The number of hydrogen-bond donors (Lipinski definition) is 1. The van der Waals surface area contributed by atoms with E-state index in [0.29, 0.717) is 21.5 Å². The monoisotopic (exact) mass is 396 g/mol. The van der Waals surface area contributed by atoms with E-state index >= 15 is 0 Å². The minimum atomic E-state index is -4.67. The lowest BCUT2D eigenvalue weighted by molar-refractivity contribution is -0.142. The topological polar surface area (TPSA) is 59.3 Å². The molecular formula is C18H16ClF3N4O. The third-order valence-corrected chi connectivity index (χ3v) is 4.33. The van der Waals surface area contributed by atoms with Crippen LogP contribution in [0.1, 0.15) is 36.5 Å². The highest BCUT2D eigenvalue weighted by Gasteiger charge is 2.35. The molecule has 1 atom stereocenters. The van der Waals surface area contributed by atoms with Crippen molar-refractivity contribution in [1.29, 1.82) is 0 Å². The summed E-state index contributed by atoms with van der Waals surface area (Å²) < 4.78 is 41.3. The highest BCUT2D eigenvalue weighted by atomic mass is 35.5. The molecule has 3 rings (SSSR count). The van der Waals surface area contributed by atoms with E-state index in [0.717, 1.165) is 6.07 Å². The number of nitrogens with zero attached hydrogens (tertiary/aromatic N) is 3. The fourth-order valence-electron chi connectivity index (χ4n) is 2.46. The highest BCUT2D eigenvalue weighted by Crippen LogP contribution is 2.32. The molecule has 27 heavy (non-hydrogen) atoms. The van der Waals surface area contributed by atoms with Gasteiger partial charge in [0.2, 0.25) is 0 Å². The Bertz CT molecular complexity index is 983. The van der Waals surface area contributed by atoms with E-state index in [9.17, 15) is 18.0 Å². The number of hydrogen-bond acceptors (Lipinski definition) is 3. The minimum Gasteiger partial charge on any atom is -0.348 e. The van der Waals surface area contributed by atoms with Crippen LogP contribution < -0.4 is 5.32 Å². The number of carbonyl (C=O) groups is 1. The zero-order chi connectivity index (χ0) is 19.8. The van der Waals surface area contributed by atoms with Crippen LogP contribution in [0.15, 0.2) is 36.4 Å². The lowest BCUT2D eigenvalue weighted by Gasteiger charge is -2.11. The number of rotatable bonds is 4. The van der Waals surface area contributed by atoms with Crippen LogP contribution in [0.5, 0.6) is 0 Å². The molecular weight excluding hydrogens is 381 g/mol. The van der Waals surface area contributed by atoms with Crippen LogP contribution in [0.25, 0.3) is 16.9 Å². The van der Waals surface area contributed by atoms with Crippen molar-refractivity contribution in [3.8, 4) is 11.3 Å². The molecule has 0 saturated carbocycles. The molecule has 1 aromatic carbocycles. The van der Waals surface area contributed by atoms with Gasteiger partial charge in [-0.2, -0.15) is 18.3 Å². The van der Waals surface area contributed by atoms with Crippen molar-refractivity contribution in [3.63, 3.8) is 0 Å². The summed E-state index contributed by atoms with van der Waals surface area (Å²) in [4.78, 5) is 16.5. The van der Waals surface area contributed by atoms with Gasteiger partial charge in [-0.25, -0.2) is 9.50 Å². The predicted octanol–water partition coefficient (Wildman–Crippen LogP) is 4.60. The van der Waals surface area contributed by atoms with Crippen molar-refractivity contribution in [3.05, 3.63) is 52.8 Å². The van der Waals surface area contributed by atoms with Gasteiger partial charge in [0.15, 0.2) is 17.0 Å². The van der Waals surface area contributed by atoms with Crippen LogP contribution in [0.2, 0.25) is 5.02 Å². The van der Waals surface area contributed by atoms with Crippen LogP contribution in [-0.2, 0) is 6.18 Å². The molecule has 2 aromatic heterocycles. The molecule has 0 aliphatic heterocycles. The molecule has 0 aliphatic rings. The summed E-state index contributed by atoms with van der Waals surface area (Å²) in [5.41, 5.74) is -0.620. The second-order valence-electron chi connectivity index (χ2n) is 6.11. The normalized spacial score (nSPS) is 13.0. The van der Waals surface area contributed by atoms with Crippen molar-refractivity contribution in [2.24, 2.45) is 0 Å². The van der Waals surface area contributed by atoms with E-state index in [1.807, 2.05) is 6.92 Å². The van der Waals surface area contributed by atoms with Gasteiger partial charge in [0.25, 0.3) is 5.91 Å². The molecule has 1 amide bonds. The number of amides is 1. The third kappa shape index (κ3) is 4.05. The van der Waals surface area contributed by atoms with Gasteiger partial charge in [-0.15, -0.1) is 0 Å². The number of alkyl halides is 3. The molecule has 0 saturated heterocycles. The van der Waals surface area contributed by atoms with E-state index in [1.54, 1.807) is 31.2 Å². The molecule has 0 bridgehead atoms. The quantitative estimate of drug-likeness (QED) is 0.701. The zero-order valence-electron chi connectivity index (χ0n) is 14.5. The van der Waals surface area contributed by atoms with Crippen molar-refractivity contribution < 1.29 is 18.0 Å². The van der Waals surface area contributed by atoms with E-state index < -0.39 is 17.8 Å². The molecule has 3 aromatic rings. The summed E-state index contributed by atoms with van der Waals surface area (Å²) in [7, 11) is 0. The largest absolute Gasteiger partial charge is 0.433 e. The summed E-state index contributed by atoms with van der Waals surface area (Å²) in [6.07, 6.45) is -3.98. The molecule has 5 nitrogen and oxygen atoms in total. The van der Waals surface area contributed by atoms with E-state index in [2.05, 4.69) is 15.4 Å². The van der Waals surface area contributed by atoms with E-state index in [4.69, 9.17) is 11.6 Å². The predicted molar refractivity (Wildman–Crippen MR) is 95.7 cm³/mol. The van der Waals surface area contributed by atoms with Gasteiger partial charge in [0, 0.05) is 22.7 Å². The smallest absolute Gasteiger partial charge is 0.348 e. The molecule has 0 fully saturated rings. The molecule has 0 aliphatic carbocycles. The number of fused-ring (bicyclic) bond motifs is 1. The lowest BCUT2D eigenvalue weighted by Crippen LogP contribution is -2.32. The summed E-state index contributed by atoms with van der Waals surface area (Å²) in [5, 5.41) is 6.96. The SMILES string of the molecule is CCC(C)NC(=O)c1cc2nc(-c3ccc(Cl)cc3)cc(C(F)(F)F)n2n1. The number of aromatic nitrogens is 3. The third-order valence-electron chi connectivity index (χ3n) is 4.08. The number of carbonyl (C=O) groups excluding carboxylic acids is 1. The van der Waals surface area contributed by atoms with Crippen molar-refractivity contribution in [2.45, 2.75) is 32.5 Å². The van der Waals surface area contributed by atoms with Gasteiger partial charge in [-0.05, 0) is 31.5 Å². The maximum atomic E-state index is 13.5. The van der Waals surface area contributed by atoms with Gasteiger partial charge in [-0.3, -0.25) is 4.79 Å². The maximum absolute atomic E-state index is 13.5. The summed E-state index contributed by atoms with van der Waals surface area (Å²) in [6.45, 7) is 3.68. The first-order valence-electron chi connectivity index (χ1n) is 8.24. The van der Waals surface area contributed by atoms with Crippen LogP contribution in [-0.4, -0.2) is 26.5 Å². The number of benzene rings is 1. The molecule has 1 N–H and O–H groups in total. The Balaban J connectivity index is 2.13. The molecule has 9 heteroatoms. The molecule has 142 valence electrons. The van der Waals surface area contributed by atoms with Gasteiger partial charge < -0.3 is 5.32 Å². The Kier molecular flexibility index (Phi) is 5.10. The Hall–Kier alpha value is -2.61. The second-order valence-corrected chi connectivity index (χ2v) is 6.55. The van der Waals surface area contributed by atoms with Crippen molar-refractivity contribution in [2.75, 3.05) is 0 Å². The van der Waals surface area contributed by atoms with Crippen LogP contribution in [0, 0.1) is 0 Å². The standard InChI is InChI=1S/C18H16ClF3N4O/c1-3-10(2)23-17(27)14-9-16-24-13(11-4-6-12(19)7-5-11)8-15(18(20,21)22)26(16)25-14/h4-10H,3H2,1-2H3,(H,23,27). The first-order chi connectivity index (χ1) is 12.7. The highest BCUT2D eigenvalue weighted by molar-refractivity contribution is 6.30. The lowest BCUT2D eigenvalue weighted by atomic mass is 10.1. The van der Waals surface area contributed by atoms with Gasteiger partial charge in [0.05, 0.1) is 5.69 Å². The second kappa shape index (κ2) is 7.19. The fourth-order valence-corrected chi connectivity index (χ4v) is 2.58. The van der Waals surface area contributed by atoms with Crippen LogP contribution in [0.3, 0.4) is 0 Å². The Morgan fingerprint density at radius 2 is 1.93 bits per heavy atom. The molecule has 1 unspecified atom stereocenters. The van der Waals surface area contributed by atoms with Gasteiger partial charge in [0.1, 0.15) is 0 Å². The first kappa shape index (κ1) is 19.2. The van der Waals surface area contributed by atoms with Crippen molar-refractivity contribution in [1.82, 2.24) is 19.9 Å². The van der Waals surface area contributed by atoms with Crippen LogP contribution >= 0.6 is 11.6 Å². The fraction of sp³-hybridized carbons (Fsp3) is 0.278. The Labute approximate surface area is 158 Å². The van der Waals surface area contributed by atoms with Gasteiger partial charge in [-0.1, -0.05) is 30.7 Å². The van der Waals surface area contributed by atoms with E-state index in [-0.39, 0.29) is 23.1 Å². The maximum Gasteiger partial charge on any atom is 0.433 e. The molecule has 0 radical (unpaired) electrons. The summed E-state index contributed by atoms with van der Waals surface area (Å²) >= 11 is 5.83. The van der Waals surface area contributed by atoms with Crippen LogP contribution in [0.4, 0.5) is 13.2 Å². The first-order valence-corrected chi connectivity index (χ1v) is 8.61. The molecule has 0 spiro atoms. The summed E-state index contributed by atoms with van der Waals surface area (Å²) in [6, 6.07) is 8.31.